The van der Waals surface area contributed by atoms with E-state index in [1.54, 1.807) is 24.3 Å². The quantitative estimate of drug-likeness (QED) is 0.768. The molecule has 130 valence electrons. The smallest absolute Gasteiger partial charge is 0.253 e. The molecule has 1 amide bonds. The van der Waals surface area contributed by atoms with Crippen molar-refractivity contribution in [2.24, 2.45) is 0 Å². The van der Waals surface area contributed by atoms with Crippen LogP contribution < -0.4 is 10.6 Å². The maximum absolute atomic E-state index is 12.4. The molecule has 0 atom stereocenters. The molecule has 0 aliphatic heterocycles. The van der Waals surface area contributed by atoms with E-state index >= 15 is 0 Å². The summed E-state index contributed by atoms with van der Waals surface area (Å²) in [6, 6.07) is 12.5. The highest BCUT2D eigenvalue weighted by Gasteiger charge is 2.13. The lowest BCUT2D eigenvalue weighted by Gasteiger charge is -2.15. The molecular weight excluding hydrogens is 369 g/mol. The summed E-state index contributed by atoms with van der Waals surface area (Å²) in [5, 5.41) is 7.05. The van der Waals surface area contributed by atoms with E-state index in [2.05, 4.69) is 10.6 Å². The standard InChI is InChI=1S/C17H19Cl2N3O.ClH/c1-22(2)11-10-20-17(23)12-6-3-4-9-15(12)21-16-13(18)7-5-8-14(16)19;/h3-9,21H,10-11H2,1-2H3,(H,20,23);1H. The van der Waals surface area contributed by atoms with Crippen molar-refractivity contribution in [3.8, 4) is 0 Å². The summed E-state index contributed by atoms with van der Waals surface area (Å²) in [6.45, 7) is 1.35. The number of likely N-dealkylation sites (N-methyl/N-ethyl adjacent to an activating group) is 1. The third-order valence-corrected chi connectivity index (χ3v) is 3.87. The second-order valence-electron chi connectivity index (χ2n) is 5.33. The Morgan fingerprint density at radius 1 is 1.04 bits per heavy atom. The van der Waals surface area contributed by atoms with Crippen LogP contribution >= 0.6 is 35.6 Å². The molecule has 2 rings (SSSR count). The summed E-state index contributed by atoms with van der Waals surface area (Å²) in [5.41, 5.74) is 1.79. The number of halogens is 3. The molecule has 2 N–H and O–H groups in total. The molecule has 0 saturated heterocycles. The van der Waals surface area contributed by atoms with Crippen LogP contribution in [-0.4, -0.2) is 38.0 Å². The average Bonchev–Trinajstić information content (AvgIpc) is 2.51. The predicted octanol–water partition coefficient (Wildman–Crippen LogP) is 4.45. The Bertz CT molecular complexity index is 672. The monoisotopic (exact) mass is 387 g/mol. The van der Waals surface area contributed by atoms with Gasteiger partial charge in [-0.05, 0) is 38.4 Å². The largest absolute Gasteiger partial charge is 0.352 e. The molecular formula is C17H20Cl3N3O. The summed E-state index contributed by atoms with van der Waals surface area (Å²) in [6.07, 6.45) is 0. The van der Waals surface area contributed by atoms with Gasteiger partial charge in [0.1, 0.15) is 0 Å². The number of carbonyl (C=O) groups excluding carboxylic acids is 1. The number of amides is 1. The van der Waals surface area contributed by atoms with Crippen molar-refractivity contribution >= 4 is 52.9 Å². The Morgan fingerprint density at radius 3 is 2.29 bits per heavy atom. The van der Waals surface area contributed by atoms with Gasteiger partial charge < -0.3 is 15.5 Å². The minimum atomic E-state index is -0.141. The van der Waals surface area contributed by atoms with Crippen LogP contribution in [0.4, 0.5) is 11.4 Å². The molecule has 2 aromatic rings. The van der Waals surface area contributed by atoms with Gasteiger partial charge in [0.25, 0.3) is 5.91 Å². The third-order valence-electron chi connectivity index (χ3n) is 3.24. The first-order valence-corrected chi connectivity index (χ1v) is 7.97. The number of nitrogens with one attached hydrogen (secondary N) is 2. The molecule has 0 aliphatic rings. The number of para-hydroxylation sites is 2. The minimum Gasteiger partial charge on any atom is -0.352 e. The van der Waals surface area contributed by atoms with E-state index in [4.69, 9.17) is 23.2 Å². The van der Waals surface area contributed by atoms with Crippen LogP contribution in [0, 0.1) is 0 Å². The van der Waals surface area contributed by atoms with Gasteiger partial charge >= 0.3 is 0 Å². The van der Waals surface area contributed by atoms with Crippen LogP contribution in [-0.2, 0) is 0 Å². The molecule has 0 aromatic heterocycles. The first-order chi connectivity index (χ1) is 11.0. The van der Waals surface area contributed by atoms with Gasteiger partial charge in [0.2, 0.25) is 0 Å². The lowest BCUT2D eigenvalue weighted by atomic mass is 10.1. The predicted molar refractivity (Wildman–Crippen MR) is 104 cm³/mol. The Hall–Kier alpha value is -1.46. The van der Waals surface area contributed by atoms with Crippen molar-refractivity contribution in [3.63, 3.8) is 0 Å². The van der Waals surface area contributed by atoms with E-state index in [9.17, 15) is 4.79 Å². The van der Waals surface area contributed by atoms with Crippen LogP contribution in [0.3, 0.4) is 0 Å². The minimum absolute atomic E-state index is 0. The molecule has 0 heterocycles. The summed E-state index contributed by atoms with van der Waals surface area (Å²) in [7, 11) is 3.92. The van der Waals surface area contributed by atoms with Crippen molar-refractivity contribution in [2.75, 3.05) is 32.5 Å². The van der Waals surface area contributed by atoms with Crippen molar-refractivity contribution in [3.05, 3.63) is 58.1 Å². The number of hydrogen-bond donors (Lipinski definition) is 2. The first kappa shape index (κ1) is 20.6. The van der Waals surface area contributed by atoms with E-state index < -0.39 is 0 Å². The molecule has 24 heavy (non-hydrogen) atoms. The fraction of sp³-hybridized carbons (Fsp3) is 0.235. The SMILES string of the molecule is CN(C)CCNC(=O)c1ccccc1Nc1c(Cl)cccc1Cl.Cl. The van der Waals surface area contributed by atoms with E-state index in [0.717, 1.165) is 6.54 Å². The molecule has 0 bridgehead atoms. The molecule has 0 fully saturated rings. The van der Waals surface area contributed by atoms with Gasteiger partial charge in [-0.15, -0.1) is 12.4 Å². The molecule has 7 heteroatoms. The van der Waals surface area contributed by atoms with Crippen molar-refractivity contribution in [1.82, 2.24) is 10.2 Å². The number of anilines is 2. The van der Waals surface area contributed by atoms with Crippen molar-refractivity contribution < 1.29 is 4.79 Å². The van der Waals surface area contributed by atoms with Crippen molar-refractivity contribution in [2.45, 2.75) is 0 Å². The number of benzene rings is 2. The topological polar surface area (TPSA) is 44.4 Å². The molecule has 0 spiro atoms. The van der Waals surface area contributed by atoms with Crippen LogP contribution in [0.2, 0.25) is 10.0 Å². The number of nitrogens with zero attached hydrogens (tertiary/aromatic N) is 1. The molecule has 0 aliphatic carbocycles. The summed E-state index contributed by atoms with van der Waals surface area (Å²) >= 11 is 12.4. The molecule has 2 aromatic carbocycles. The zero-order valence-corrected chi connectivity index (χ0v) is 15.8. The first-order valence-electron chi connectivity index (χ1n) is 7.22. The molecule has 0 saturated carbocycles. The average molecular weight is 389 g/mol. The summed E-state index contributed by atoms with van der Waals surface area (Å²) in [5.74, 6) is -0.141. The van der Waals surface area contributed by atoms with Crippen LogP contribution in [0.5, 0.6) is 0 Å². The van der Waals surface area contributed by atoms with Crippen molar-refractivity contribution in [1.29, 1.82) is 0 Å². The Labute approximate surface area is 158 Å². The van der Waals surface area contributed by atoms with Gasteiger partial charge in [0.15, 0.2) is 0 Å². The maximum atomic E-state index is 12.4. The highest BCUT2D eigenvalue weighted by atomic mass is 35.5. The van der Waals surface area contributed by atoms with E-state index in [1.807, 2.05) is 37.2 Å². The van der Waals surface area contributed by atoms with E-state index in [-0.39, 0.29) is 18.3 Å². The lowest BCUT2D eigenvalue weighted by Crippen LogP contribution is -2.31. The number of rotatable bonds is 6. The maximum Gasteiger partial charge on any atom is 0.253 e. The normalized spacial score (nSPS) is 10.2. The summed E-state index contributed by atoms with van der Waals surface area (Å²) in [4.78, 5) is 14.4. The summed E-state index contributed by atoms with van der Waals surface area (Å²) < 4.78 is 0. The molecule has 0 radical (unpaired) electrons. The van der Waals surface area contributed by atoms with Gasteiger partial charge in [-0.1, -0.05) is 41.4 Å². The fourth-order valence-corrected chi connectivity index (χ4v) is 2.52. The Kier molecular flexibility index (Phi) is 8.36. The van der Waals surface area contributed by atoms with Gasteiger partial charge in [-0.3, -0.25) is 4.79 Å². The van der Waals surface area contributed by atoms with Crippen LogP contribution in [0.15, 0.2) is 42.5 Å². The van der Waals surface area contributed by atoms with Gasteiger partial charge in [-0.25, -0.2) is 0 Å². The second-order valence-corrected chi connectivity index (χ2v) is 6.14. The highest BCUT2D eigenvalue weighted by Crippen LogP contribution is 2.33. The molecule has 0 unspecified atom stereocenters. The van der Waals surface area contributed by atoms with Crippen LogP contribution in [0.1, 0.15) is 10.4 Å². The number of hydrogen-bond acceptors (Lipinski definition) is 3. The lowest BCUT2D eigenvalue weighted by molar-refractivity contribution is 0.0952. The Morgan fingerprint density at radius 2 is 1.67 bits per heavy atom. The highest BCUT2D eigenvalue weighted by molar-refractivity contribution is 6.39. The van der Waals surface area contributed by atoms with E-state index in [0.29, 0.717) is 33.5 Å². The zero-order chi connectivity index (χ0) is 16.8. The van der Waals surface area contributed by atoms with Crippen LogP contribution in [0.25, 0.3) is 0 Å². The second kappa shape index (κ2) is 9.74. The molecule has 4 nitrogen and oxygen atoms in total. The zero-order valence-electron chi connectivity index (χ0n) is 13.5. The van der Waals surface area contributed by atoms with Gasteiger partial charge in [0.05, 0.1) is 27.0 Å². The number of carbonyl (C=O) groups is 1. The Balaban J connectivity index is 0.00000288. The fourth-order valence-electron chi connectivity index (χ4n) is 2.03. The van der Waals surface area contributed by atoms with Gasteiger partial charge in [0, 0.05) is 13.1 Å². The third kappa shape index (κ3) is 5.56. The van der Waals surface area contributed by atoms with E-state index in [1.165, 1.54) is 0 Å². The van der Waals surface area contributed by atoms with Gasteiger partial charge in [-0.2, -0.15) is 0 Å².